The Labute approximate surface area is 173 Å². The molecule has 1 N–H and O–H groups in total. The first-order chi connectivity index (χ1) is 13.8. The van der Waals surface area contributed by atoms with Crippen LogP contribution in [0.25, 0.3) is 0 Å². The van der Waals surface area contributed by atoms with Crippen LogP contribution in [0.1, 0.15) is 35.7 Å². The lowest BCUT2D eigenvalue weighted by Crippen LogP contribution is -2.13. The van der Waals surface area contributed by atoms with Gasteiger partial charge in [-0.2, -0.15) is 0 Å². The Morgan fingerprint density at radius 1 is 1.10 bits per heavy atom. The van der Waals surface area contributed by atoms with Gasteiger partial charge >= 0.3 is 6.01 Å². The Bertz CT molecular complexity index is 1110. The van der Waals surface area contributed by atoms with Gasteiger partial charge in [-0.25, -0.2) is 8.42 Å². The van der Waals surface area contributed by atoms with Crippen LogP contribution in [0.5, 0.6) is 0 Å². The zero-order valence-electron chi connectivity index (χ0n) is 16.2. The van der Waals surface area contributed by atoms with Crippen molar-refractivity contribution in [3.63, 3.8) is 0 Å². The number of amides is 1. The molecule has 1 amide bonds. The predicted molar refractivity (Wildman–Crippen MR) is 112 cm³/mol. The van der Waals surface area contributed by atoms with Crippen molar-refractivity contribution in [2.24, 2.45) is 0 Å². The molecule has 0 fully saturated rings. The van der Waals surface area contributed by atoms with Gasteiger partial charge in [0.25, 0.3) is 5.91 Å². The van der Waals surface area contributed by atoms with Crippen LogP contribution >= 0.6 is 11.8 Å². The quantitative estimate of drug-likeness (QED) is 0.567. The lowest BCUT2D eigenvalue weighted by molar-refractivity contribution is 0.102. The van der Waals surface area contributed by atoms with Gasteiger partial charge in [0.1, 0.15) is 0 Å². The molecule has 0 aliphatic heterocycles. The summed E-state index contributed by atoms with van der Waals surface area (Å²) in [6, 6.07) is 13.8. The molecule has 0 saturated heterocycles. The summed E-state index contributed by atoms with van der Waals surface area (Å²) in [6.07, 6.45) is 2.22. The predicted octanol–water partition coefficient (Wildman–Crippen LogP) is 3.82. The van der Waals surface area contributed by atoms with E-state index in [1.807, 2.05) is 18.4 Å². The fourth-order valence-corrected chi connectivity index (χ4v) is 4.27. The van der Waals surface area contributed by atoms with Gasteiger partial charge in [-0.05, 0) is 49.9 Å². The highest BCUT2D eigenvalue weighted by atomic mass is 32.2. The Morgan fingerprint density at radius 3 is 2.45 bits per heavy atom. The molecule has 3 rings (SSSR count). The van der Waals surface area contributed by atoms with Gasteiger partial charge in [-0.15, -0.1) is 16.9 Å². The second-order valence-corrected chi connectivity index (χ2v) is 9.92. The number of hydrogen-bond acceptors (Lipinski definition) is 7. The van der Waals surface area contributed by atoms with E-state index in [4.69, 9.17) is 4.42 Å². The van der Waals surface area contributed by atoms with Gasteiger partial charge < -0.3 is 4.42 Å². The van der Waals surface area contributed by atoms with E-state index in [0.717, 1.165) is 10.5 Å². The van der Waals surface area contributed by atoms with Gasteiger partial charge in [0.15, 0.2) is 9.84 Å². The number of hydrogen-bond donors (Lipinski definition) is 1. The topological polar surface area (TPSA) is 102 Å². The molecule has 7 nitrogen and oxygen atoms in total. The van der Waals surface area contributed by atoms with Crippen molar-refractivity contribution in [3.05, 3.63) is 65.5 Å². The SMILES string of the molecule is CSc1ccccc1C(=O)Nc1nnc(Cc2ccc(S(=O)(=O)C(C)C)cc2)o1. The molecule has 0 saturated carbocycles. The van der Waals surface area contributed by atoms with Crippen molar-refractivity contribution in [1.29, 1.82) is 0 Å². The van der Waals surface area contributed by atoms with Crippen molar-refractivity contribution in [1.82, 2.24) is 10.2 Å². The molecule has 0 aliphatic carbocycles. The lowest BCUT2D eigenvalue weighted by atomic mass is 10.1. The third-order valence-electron chi connectivity index (χ3n) is 4.27. The highest BCUT2D eigenvalue weighted by Gasteiger charge is 2.19. The minimum absolute atomic E-state index is 0.0138. The number of benzene rings is 2. The minimum atomic E-state index is -3.31. The van der Waals surface area contributed by atoms with E-state index in [1.54, 1.807) is 50.2 Å². The number of carbonyl (C=O) groups is 1. The maximum Gasteiger partial charge on any atom is 0.322 e. The first-order valence-corrected chi connectivity index (χ1v) is 11.7. The summed E-state index contributed by atoms with van der Waals surface area (Å²) in [4.78, 5) is 13.6. The summed E-state index contributed by atoms with van der Waals surface area (Å²) in [7, 11) is -3.31. The summed E-state index contributed by atoms with van der Waals surface area (Å²) in [5.41, 5.74) is 1.35. The zero-order valence-corrected chi connectivity index (χ0v) is 17.9. The summed E-state index contributed by atoms with van der Waals surface area (Å²) >= 11 is 1.48. The van der Waals surface area contributed by atoms with Crippen molar-refractivity contribution in [2.45, 2.75) is 35.3 Å². The average Bonchev–Trinajstić information content (AvgIpc) is 3.14. The van der Waals surface area contributed by atoms with Crippen LogP contribution < -0.4 is 5.32 Å². The number of thioether (sulfide) groups is 1. The van der Waals surface area contributed by atoms with E-state index < -0.39 is 15.1 Å². The molecule has 9 heteroatoms. The van der Waals surface area contributed by atoms with E-state index in [-0.39, 0.29) is 16.8 Å². The molecule has 0 radical (unpaired) electrons. The highest BCUT2D eigenvalue weighted by molar-refractivity contribution is 7.98. The number of nitrogens with zero attached hydrogens (tertiary/aromatic N) is 2. The Morgan fingerprint density at radius 2 is 1.79 bits per heavy atom. The molecule has 3 aromatic rings. The fourth-order valence-electron chi connectivity index (χ4n) is 2.62. The van der Waals surface area contributed by atoms with E-state index in [0.29, 0.717) is 17.9 Å². The fraction of sp³-hybridized carbons (Fsp3) is 0.250. The first-order valence-electron chi connectivity index (χ1n) is 8.91. The molecule has 0 aliphatic rings. The number of nitrogens with one attached hydrogen (secondary N) is 1. The van der Waals surface area contributed by atoms with Crippen LogP contribution in [0.4, 0.5) is 6.01 Å². The molecule has 0 spiro atoms. The van der Waals surface area contributed by atoms with Crippen LogP contribution in [-0.2, 0) is 16.3 Å². The second-order valence-electron chi connectivity index (χ2n) is 6.57. The van der Waals surface area contributed by atoms with Crippen LogP contribution in [0.2, 0.25) is 0 Å². The third-order valence-corrected chi connectivity index (χ3v) is 7.23. The van der Waals surface area contributed by atoms with Crippen molar-refractivity contribution in [3.8, 4) is 0 Å². The average molecular weight is 432 g/mol. The normalized spacial score (nSPS) is 11.6. The maximum atomic E-state index is 12.4. The summed E-state index contributed by atoms with van der Waals surface area (Å²) in [6.45, 7) is 3.30. The number of carbonyl (C=O) groups excluding carboxylic acids is 1. The Balaban J connectivity index is 1.68. The largest absolute Gasteiger partial charge is 0.407 e. The molecule has 0 unspecified atom stereocenters. The first kappa shape index (κ1) is 21.1. The molecular weight excluding hydrogens is 410 g/mol. The van der Waals surface area contributed by atoms with Gasteiger partial charge in [-0.3, -0.25) is 10.1 Å². The van der Waals surface area contributed by atoms with Gasteiger partial charge in [0.05, 0.1) is 22.1 Å². The Kier molecular flexibility index (Phi) is 6.39. The summed E-state index contributed by atoms with van der Waals surface area (Å²) in [5, 5.41) is 9.94. The van der Waals surface area contributed by atoms with Crippen molar-refractivity contribution in [2.75, 3.05) is 11.6 Å². The van der Waals surface area contributed by atoms with E-state index in [1.165, 1.54) is 11.8 Å². The third kappa shape index (κ3) is 4.86. The van der Waals surface area contributed by atoms with Crippen LogP contribution in [0.3, 0.4) is 0 Å². The number of rotatable bonds is 7. The molecule has 29 heavy (non-hydrogen) atoms. The molecule has 1 aromatic heterocycles. The lowest BCUT2D eigenvalue weighted by Gasteiger charge is -2.08. The van der Waals surface area contributed by atoms with Crippen LogP contribution in [-0.4, -0.2) is 36.0 Å². The van der Waals surface area contributed by atoms with Crippen LogP contribution in [0, 0.1) is 0 Å². The smallest absolute Gasteiger partial charge is 0.322 e. The Hall–Kier alpha value is -2.65. The highest BCUT2D eigenvalue weighted by Crippen LogP contribution is 2.21. The summed E-state index contributed by atoms with van der Waals surface area (Å²) < 4.78 is 29.9. The molecule has 1 heterocycles. The van der Waals surface area contributed by atoms with Crippen molar-refractivity contribution < 1.29 is 17.6 Å². The number of aromatic nitrogens is 2. The minimum Gasteiger partial charge on any atom is -0.407 e. The van der Waals surface area contributed by atoms with Gasteiger partial charge in [-0.1, -0.05) is 29.4 Å². The molecule has 152 valence electrons. The van der Waals surface area contributed by atoms with Gasteiger partial charge in [0, 0.05) is 4.90 Å². The molecule has 2 aromatic carbocycles. The van der Waals surface area contributed by atoms with E-state index in [2.05, 4.69) is 15.5 Å². The van der Waals surface area contributed by atoms with E-state index in [9.17, 15) is 13.2 Å². The van der Waals surface area contributed by atoms with Gasteiger partial charge in [0.2, 0.25) is 5.89 Å². The summed E-state index contributed by atoms with van der Waals surface area (Å²) in [5.74, 6) is -0.00804. The monoisotopic (exact) mass is 431 g/mol. The standard InChI is InChI=1S/C20H21N3O4S2/c1-13(2)29(25,26)15-10-8-14(9-11-15)12-18-22-23-20(27-18)21-19(24)16-6-4-5-7-17(16)28-3/h4-11,13H,12H2,1-3H3,(H,21,23,24). The number of sulfone groups is 1. The molecular formula is C20H21N3O4S2. The molecule has 0 atom stereocenters. The second kappa shape index (κ2) is 8.79. The zero-order chi connectivity index (χ0) is 21.0. The van der Waals surface area contributed by atoms with Crippen LogP contribution in [0.15, 0.2) is 62.7 Å². The number of anilines is 1. The van der Waals surface area contributed by atoms with Crippen molar-refractivity contribution >= 4 is 33.5 Å². The maximum absolute atomic E-state index is 12.4. The van der Waals surface area contributed by atoms with E-state index >= 15 is 0 Å². The molecule has 0 bridgehead atoms.